The number of benzene rings is 2. The fourth-order valence-corrected chi connectivity index (χ4v) is 2.26. The first-order valence-corrected chi connectivity index (χ1v) is 8.76. The minimum Gasteiger partial charge on any atom is -0.341 e. The summed E-state index contributed by atoms with van der Waals surface area (Å²) in [6.07, 6.45) is 24.1. The molecule has 0 aliphatic heterocycles. The summed E-state index contributed by atoms with van der Waals surface area (Å²) in [4.78, 5) is 0. The van der Waals surface area contributed by atoms with Crippen molar-refractivity contribution in [1.82, 2.24) is 0 Å². The van der Waals surface area contributed by atoms with Gasteiger partial charge in [-0.3, -0.25) is 0 Å². The van der Waals surface area contributed by atoms with Crippen LogP contribution in [0.4, 0.5) is 0 Å². The second-order valence-electron chi connectivity index (χ2n) is 5.51. The first-order chi connectivity index (χ1) is 12.9. The fraction of sp³-hybridized carbons (Fsp3) is 0.0385. The topological polar surface area (TPSA) is 0 Å². The molecule has 2 aliphatic rings. The molecule has 0 heterocycles. The third-order valence-corrected chi connectivity index (χ3v) is 3.55. The van der Waals surface area contributed by atoms with E-state index in [2.05, 4.69) is 37.3 Å². The van der Waals surface area contributed by atoms with E-state index in [1.165, 1.54) is 5.56 Å². The summed E-state index contributed by atoms with van der Waals surface area (Å²) in [5.41, 5.74) is 3.44. The molecule has 0 bridgehead atoms. The molecule has 0 nitrogen and oxygen atoms in total. The molecule has 1 heteroatoms. The molecule has 0 saturated heterocycles. The van der Waals surface area contributed by atoms with Gasteiger partial charge in [-0.15, -0.1) is 35.9 Å². The van der Waals surface area contributed by atoms with Gasteiger partial charge >= 0.3 is 26.2 Å². The van der Waals surface area contributed by atoms with Crippen LogP contribution in [0.2, 0.25) is 0 Å². The summed E-state index contributed by atoms with van der Waals surface area (Å²) in [6, 6.07) is 20.5. The van der Waals surface area contributed by atoms with Crippen LogP contribution in [0.1, 0.15) is 17.5 Å². The van der Waals surface area contributed by atoms with Crippen LogP contribution in [0.3, 0.4) is 0 Å². The van der Waals surface area contributed by atoms with E-state index >= 15 is 0 Å². The van der Waals surface area contributed by atoms with Gasteiger partial charge in [0.15, 0.2) is 0 Å². The summed E-state index contributed by atoms with van der Waals surface area (Å²) < 4.78 is 0. The van der Waals surface area contributed by atoms with E-state index in [4.69, 9.17) is 0 Å². The van der Waals surface area contributed by atoms with Crippen LogP contribution in [-0.2, 0) is 26.2 Å². The van der Waals surface area contributed by atoms with E-state index < -0.39 is 0 Å². The maximum absolute atomic E-state index is 3.96. The SMILES string of the molecule is [CH2-]CC(=[C-]c1ccccc1)c1ccccc1.[CH]1[CH][CH][CH][CH]1.[CH]1[CH][CH][CH][CH]1.[Zr+2]. The smallest absolute Gasteiger partial charge is 0.341 e. The molecule has 27 heavy (non-hydrogen) atoms. The van der Waals surface area contributed by atoms with Crippen molar-refractivity contribution in [3.05, 3.63) is 149 Å². The fourth-order valence-electron chi connectivity index (χ4n) is 2.26. The molecule has 0 spiro atoms. The Labute approximate surface area is 186 Å². The molecular weight excluding hydrogens is 404 g/mol. The normalized spacial score (nSPS) is 15.7. The Morgan fingerprint density at radius 2 is 0.963 bits per heavy atom. The second-order valence-corrected chi connectivity index (χ2v) is 5.51. The summed E-state index contributed by atoms with van der Waals surface area (Å²) in [5.74, 6) is 0. The third-order valence-electron chi connectivity index (χ3n) is 3.55. The Bertz CT molecular complexity index is 567. The van der Waals surface area contributed by atoms with Gasteiger partial charge < -0.3 is 6.92 Å². The van der Waals surface area contributed by atoms with Crippen LogP contribution < -0.4 is 0 Å². The maximum Gasteiger partial charge on any atom is 2.00 e. The first-order valence-electron chi connectivity index (χ1n) is 8.76. The Morgan fingerprint density at radius 1 is 0.593 bits per heavy atom. The Morgan fingerprint density at radius 3 is 1.33 bits per heavy atom. The van der Waals surface area contributed by atoms with Crippen molar-refractivity contribution in [2.75, 3.05) is 0 Å². The number of hydrogen-bond donors (Lipinski definition) is 0. The predicted octanol–water partition coefficient (Wildman–Crippen LogP) is 6.19. The van der Waals surface area contributed by atoms with Gasteiger partial charge in [0.1, 0.15) is 0 Å². The number of allylic oxidation sites excluding steroid dienone is 1. The molecule has 10 radical (unpaired) electrons. The molecule has 2 fully saturated rings. The van der Waals surface area contributed by atoms with E-state index in [0.29, 0.717) is 0 Å². The maximum atomic E-state index is 3.96. The number of rotatable bonds is 3. The summed E-state index contributed by atoms with van der Waals surface area (Å²) in [6.45, 7) is 3.96. The standard InChI is InChI=1S/C16H14.2C5H5.Zr/c1-2-15(16-11-7-4-8-12-16)13-14-9-5-3-6-10-14;2*1-2-4-5-3-1;/h3-12H,1-2H2;2*1-5H;/q-2;;;+2. The average Bonchev–Trinajstić information content (AvgIpc) is 3.46. The van der Waals surface area contributed by atoms with Gasteiger partial charge in [0.25, 0.3) is 0 Å². The monoisotopic (exact) mass is 426 g/mol. The number of hydrogen-bond acceptors (Lipinski definition) is 0. The average molecular weight is 428 g/mol. The van der Waals surface area contributed by atoms with Crippen molar-refractivity contribution in [2.24, 2.45) is 0 Å². The van der Waals surface area contributed by atoms with Crippen molar-refractivity contribution in [3.8, 4) is 0 Å². The largest absolute Gasteiger partial charge is 2.00 e. The summed E-state index contributed by atoms with van der Waals surface area (Å²) in [5, 5.41) is 0. The zero-order valence-corrected chi connectivity index (χ0v) is 17.9. The Kier molecular flexibility index (Phi) is 14.3. The minimum absolute atomic E-state index is 0. The van der Waals surface area contributed by atoms with Crippen LogP contribution in [0.25, 0.3) is 5.57 Å². The Hall–Kier alpha value is -0.937. The van der Waals surface area contributed by atoms with Crippen LogP contribution in [-0.4, -0.2) is 0 Å². The van der Waals surface area contributed by atoms with Gasteiger partial charge in [0.2, 0.25) is 0 Å². The second kappa shape index (κ2) is 16.1. The molecule has 2 saturated carbocycles. The molecular formula is C26H24Zr. The van der Waals surface area contributed by atoms with E-state index in [9.17, 15) is 0 Å². The van der Waals surface area contributed by atoms with E-state index in [1.807, 2.05) is 101 Å². The van der Waals surface area contributed by atoms with Crippen LogP contribution >= 0.6 is 0 Å². The molecule has 132 valence electrons. The van der Waals surface area contributed by atoms with Gasteiger partial charge in [0.05, 0.1) is 0 Å². The van der Waals surface area contributed by atoms with Gasteiger partial charge in [-0.05, 0) is 64.2 Å². The molecule has 0 unspecified atom stereocenters. The van der Waals surface area contributed by atoms with E-state index in [0.717, 1.165) is 17.6 Å². The molecule has 0 atom stereocenters. The molecule has 0 N–H and O–H groups in total. The van der Waals surface area contributed by atoms with Crippen LogP contribution in [0, 0.1) is 77.2 Å². The summed E-state index contributed by atoms with van der Waals surface area (Å²) in [7, 11) is 0. The quantitative estimate of drug-likeness (QED) is 0.405. The van der Waals surface area contributed by atoms with E-state index in [-0.39, 0.29) is 26.2 Å². The minimum atomic E-state index is 0. The van der Waals surface area contributed by atoms with Crippen LogP contribution in [0.5, 0.6) is 0 Å². The van der Waals surface area contributed by atoms with Crippen molar-refractivity contribution < 1.29 is 26.2 Å². The molecule has 2 aromatic rings. The van der Waals surface area contributed by atoms with Gasteiger partial charge in [0, 0.05) is 0 Å². The first kappa shape index (κ1) is 24.1. The van der Waals surface area contributed by atoms with Gasteiger partial charge in [-0.25, -0.2) is 0 Å². The van der Waals surface area contributed by atoms with Crippen molar-refractivity contribution in [2.45, 2.75) is 6.42 Å². The van der Waals surface area contributed by atoms with E-state index in [1.54, 1.807) is 0 Å². The van der Waals surface area contributed by atoms with Gasteiger partial charge in [-0.1, -0.05) is 42.0 Å². The zero-order chi connectivity index (χ0) is 18.3. The van der Waals surface area contributed by atoms with Gasteiger partial charge in [-0.2, -0.15) is 12.0 Å². The van der Waals surface area contributed by atoms with Crippen molar-refractivity contribution >= 4 is 5.57 Å². The molecule has 0 aromatic heterocycles. The molecule has 2 aliphatic carbocycles. The van der Waals surface area contributed by atoms with Crippen molar-refractivity contribution in [3.63, 3.8) is 0 Å². The zero-order valence-electron chi connectivity index (χ0n) is 15.5. The molecule has 0 amide bonds. The summed E-state index contributed by atoms with van der Waals surface area (Å²) >= 11 is 0. The molecule has 4 rings (SSSR count). The van der Waals surface area contributed by atoms with Crippen LogP contribution in [0.15, 0.2) is 60.7 Å². The van der Waals surface area contributed by atoms with Crippen molar-refractivity contribution in [1.29, 1.82) is 0 Å². The predicted molar refractivity (Wildman–Crippen MR) is 112 cm³/mol. The molecule has 2 aromatic carbocycles. The Balaban J connectivity index is 0.000000270. The third kappa shape index (κ3) is 10.8.